The van der Waals surface area contributed by atoms with Crippen LogP contribution in [0.4, 0.5) is 0 Å². The van der Waals surface area contributed by atoms with E-state index >= 15 is 0 Å². The molecule has 3 heterocycles. The maximum Gasteiger partial charge on any atom is 0.179 e. The third kappa shape index (κ3) is 11.1. The molecule has 0 amide bonds. The molecule has 0 saturated heterocycles. The number of fused-ring (bicyclic) bond motifs is 6. The van der Waals surface area contributed by atoms with Gasteiger partial charge in [-0.15, -0.1) is 0 Å². The SMILES string of the molecule is c1ccc(-c2ccc([Si](c3ccccc3)(c3ccc(-c4ccccc4)cc3)c3cc(-c4nc(-n5c6ccccc6c6ccccc65)cc(-n5c6ccccc6c6cc(-c7ccccc7)ccc65)n4)cc([Si](c4ccccc4)(c4ccc(-c5ccccc5)cc4)c4ccc(-c5ccccc5)cc4)c3)cc2)cc1. The minimum atomic E-state index is -3.59. The van der Waals surface area contributed by atoms with Gasteiger partial charge in [0.25, 0.3) is 0 Å². The number of nitrogens with zero attached hydrogens (tertiary/aromatic N) is 4. The Bertz CT molecular complexity index is 5920. The molecule has 0 fully saturated rings. The molecule has 3 aromatic heterocycles. The van der Waals surface area contributed by atoms with Crippen molar-refractivity contribution in [2.45, 2.75) is 0 Å². The van der Waals surface area contributed by atoms with Crippen molar-refractivity contribution in [3.63, 3.8) is 0 Å². The Balaban J connectivity index is 0.972. The topological polar surface area (TPSA) is 35.6 Å². The summed E-state index contributed by atoms with van der Waals surface area (Å²) in [5, 5.41) is 14.5. The van der Waals surface area contributed by atoms with Crippen LogP contribution in [0.15, 0.2) is 425 Å². The number of benzene rings is 16. The molecule has 106 heavy (non-hydrogen) atoms. The normalized spacial score (nSPS) is 11.8. The Labute approximate surface area is 619 Å². The van der Waals surface area contributed by atoms with E-state index in [4.69, 9.17) is 9.97 Å². The summed E-state index contributed by atoms with van der Waals surface area (Å²) in [4.78, 5) is 12.2. The highest BCUT2D eigenvalue weighted by Crippen LogP contribution is 2.38. The highest BCUT2D eigenvalue weighted by Gasteiger charge is 2.47. The Kier molecular flexibility index (Phi) is 16.3. The van der Waals surface area contributed by atoms with Crippen LogP contribution in [0.2, 0.25) is 0 Å². The zero-order chi connectivity index (χ0) is 70.4. The zero-order valence-corrected chi connectivity index (χ0v) is 60.2. The first-order valence-electron chi connectivity index (χ1n) is 36.4. The summed E-state index contributed by atoms with van der Waals surface area (Å²) >= 11 is 0. The van der Waals surface area contributed by atoms with Gasteiger partial charge in [0.15, 0.2) is 22.0 Å². The second kappa shape index (κ2) is 27.1. The minimum absolute atomic E-state index is 0.605. The van der Waals surface area contributed by atoms with Crippen molar-refractivity contribution in [2.24, 2.45) is 0 Å². The lowest BCUT2D eigenvalue weighted by Crippen LogP contribution is -2.78. The highest BCUT2D eigenvalue weighted by molar-refractivity contribution is 7.22. The van der Waals surface area contributed by atoms with Gasteiger partial charge in [-0.05, 0) is 127 Å². The minimum Gasteiger partial charge on any atom is -0.294 e. The average molecular weight is 1380 g/mol. The van der Waals surface area contributed by atoms with Crippen LogP contribution in [0.1, 0.15) is 0 Å². The molecule has 498 valence electrons. The standard InChI is InChI=1S/C100H70N4Si2/c1-8-28-71(29-9-1)76-48-57-84(58-49-76)105(82-38-18-6-19-39-82,85-59-50-77(51-60-85)72-30-10-2-11-31-72)88-66-81(67-89(69-88)106(83-40-20-7-21-41-83,86-61-52-78(53-62-86)73-32-12-3-13-33-73)87-63-54-79(55-64-87)74-34-14-4-15-35-74)100-101-98(103-94-45-25-22-42-90(94)91-43-23-26-46-95(91)103)70-99(102-100)104-96-47-27-24-44-92(96)93-68-80(56-65-97(93)104)75-36-16-5-17-37-75/h1-70H. The number of rotatable bonds is 16. The summed E-state index contributed by atoms with van der Waals surface area (Å²) in [5.41, 5.74) is 16.8. The Morgan fingerprint density at radius 2 is 0.406 bits per heavy atom. The van der Waals surface area contributed by atoms with Crippen LogP contribution < -0.4 is 41.5 Å². The highest BCUT2D eigenvalue weighted by atomic mass is 28.3. The lowest BCUT2D eigenvalue weighted by molar-refractivity contribution is 0.994. The van der Waals surface area contributed by atoms with Gasteiger partial charge in [-0.25, -0.2) is 9.97 Å². The van der Waals surface area contributed by atoms with Gasteiger partial charge in [0.1, 0.15) is 11.6 Å². The van der Waals surface area contributed by atoms with Crippen molar-refractivity contribution in [3.05, 3.63) is 425 Å². The van der Waals surface area contributed by atoms with Gasteiger partial charge in [0, 0.05) is 33.2 Å². The van der Waals surface area contributed by atoms with Crippen LogP contribution in [0.3, 0.4) is 0 Å². The molecule has 0 aliphatic rings. The van der Waals surface area contributed by atoms with E-state index in [1.54, 1.807) is 0 Å². The van der Waals surface area contributed by atoms with Gasteiger partial charge in [0.05, 0.1) is 22.1 Å². The van der Waals surface area contributed by atoms with E-state index in [2.05, 4.69) is 434 Å². The first-order valence-corrected chi connectivity index (χ1v) is 40.4. The quantitative estimate of drug-likeness (QED) is 0.0714. The molecule has 0 aliphatic carbocycles. The second-order valence-corrected chi connectivity index (χ2v) is 35.2. The zero-order valence-electron chi connectivity index (χ0n) is 58.2. The molecular weight excluding hydrogens is 1310 g/mol. The number of aromatic nitrogens is 4. The van der Waals surface area contributed by atoms with Crippen molar-refractivity contribution in [3.8, 4) is 78.7 Å². The first-order chi connectivity index (χ1) is 52.5. The van der Waals surface area contributed by atoms with Crippen molar-refractivity contribution in [2.75, 3.05) is 0 Å². The van der Waals surface area contributed by atoms with Crippen molar-refractivity contribution in [1.29, 1.82) is 0 Å². The number of hydrogen-bond donors (Lipinski definition) is 0. The Morgan fingerprint density at radius 3 is 0.736 bits per heavy atom. The smallest absolute Gasteiger partial charge is 0.179 e. The molecule has 4 nitrogen and oxygen atoms in total. The van der Waals surface area contributed by atoms with Crippen molar-refractivity contribution in [1.82, 2.24) is 19.1 Å². The monoisotopic (exact) mass is 1380 g/mol. The van der Waals surface area contributed by atoms with Crippen LogP contribution in [-0.2, 0) is 0 Å². The van der Waals surface area contributed by atoms with Gasteiger partial charge in [-0.1, -0.05) is 388 Å². The van der Waals surface area contributed by atoms with Crippen LogP contribution in [0.5, 0.6) is 0 Å². The predicted molar refractivity (Wildman–Crippen MR) is 451 cm³/mol. The molecule has 0 unspecified atom stereocenters. The third-order valence-corrected chi connectivity index (χ3v) is 31.2. The molecule has 19 aromatic rings. The van der Waals surface area contributed by atoms with Crippen LogP contribution in [0, 0.1) is 0 Å². The van der Waals surface area contributed by atoms with Crippen LogP contribution >= 0.6 is 0 Å². The Hall–Kier alpha value is -13.4. The van der Waals surface area contributed by atoms with E-state index < -0.39 is 16.1 Å². The van der Waals surface area contributed by atoms with Gasteiger partial charge < -0.3 is 0 Å². The molecule has 0 bridgehead atoms. The molecule has 0 radical (unpaired) electrons. The van der Waals surface area contributed by atoms with Crippen molar-refractivity contribution >= 4 is 101 Å². The first kappa shape index (κ1) is 63.5. The van der Waals surface area contributed by atoms with E-state index in [0.717, 1.165) is 88.6 Å². The summed E-state index contributed by atoms with van der Waals surface area (Å²) in [6.45, 7) is 0. The molecule has 0 N–H and O–H groups in total. The Morgan fingerprint density at radius 1 is 0.160 bits per heavy atom. The van der Waals surface area contributed by atoms with E-state index in [0.29, 0.717) is 5.82 Å². The molecule has 0 spiro atoms. The summed E-state index contributed by atoms with van der Waals surface area (Å²) < 4.78 is 4.74. The van der Waals surface area contributed by atoms with Crippen LogP contribution in [-0.4, -0.2) is 35.2 Å². The summed E-state index contributed by atoms with van der Waals surface area (Å²) in [7, 11) is -7.17. The van der Waals surface area contributed by atoms with Crippen LogP contribution in [0.25, 0.3) is 122 Å². The van der Waals surface area contributed by atoms with Gasteiger partial charge in [-0.2, -0.15) is 0 Å². The molecule has 0 atom stereocenters. The molecular formula is C100H70N4Si2. The fourth-order valence-corrected chi connectivity index (χ4v) is 26.4. The maximum absolute atomic E-state index is 6.13. The molecule has 0 saturated carbocycles. The van der Waals surface area contributed by atoms with Gasteiger partial charge in [0.2, 0.25) is 0 Å². The lowest BCUT2D eigenvalue weighted by Gasteiger charge is -2.38. The molecule has 16 aromatic carbocycles. The predicted octanol–water partition coefficient (Wildman–Crippen LogP) is 19.4. The van der Waals surface area contributed by atoms with Crippen molar-refractivity contribution < 1.29 is 0 Å². The van der Waals surface area contributed by atoms with E-state index in [-0.39, 0.29) is 0 Å². The summed E-state index contributed by atoms with van der Waals surface area (Å²) in [6.07, 6.45) is 0. The maximum atomic E-state index is 6.13. The fraction of sp³-hybridized carbons (Fsp3) is 0. The molecule has 6 heteroatoms. The van der Waals surface area contributed by atoms with E-state index in [1.807, 2.05) is 0 Å². The summed E-state index contributed by atoms with van der Waals surface area (Å²) in [6, 6.07) is 158. The number of hydrogen-bond acceptors (Lipinski definition) is 2. The third-order valence-electron chi connectivity index (χ3n) is 21.7. The average Bonchev–Trinajstić information content (AvgIpc) is 1.30. The second-order valence-electron chi connectivity index (χ2n) is 27.5. The summed E-state index contributed by atoms with van der Waals surface area (Å²) in [5.74, 6) is 2.12. The van der Waals surface area contributed by atoms with E-state index in [9.17, 15) is 0 Å². The van der Waals surface area contributed by atoms with Gasteiger partial charge >= 0.3 is 0 Å². The molecule has 0 aliphatic heterocycles. The van der Waals surface area contributed by atoms with Gasteiger partial charge in [-0.3, -0.25) is 9.13 Å². The lowest BCUT2D eigenvalue weighted by atomic mass is 10.0. The largest absolute Gasteiger partial charge is 0.294 e. The molecule has 19 rings (SSSR count). The fourth-order valence-electron chi connectivity index (χ4n) is 16.7. The number of para-hydroxylation sites is 3. The van der Waals surface area contributed by atoms with E-state index in [1.165, 1.54) is 69.3 Å².